The van der Waals surface area contributed by atoms with Gasteiger partial charge >= 0.3 is 0 Å². The van der Waals surface area contributed by atoms with Crippen LogP contribution in [0, 0.1) is 0 Å². The number of para-hydroxylation sites is 1. The van der Waals surface area contributed by atoms with Crippen LogP contribution in [0.3, 0.4) is 0 Å². The van der Waals surface area contributed by atoms with Gasteiger partial charge in [-0.3, -0.25) is 0 Å². The summed E-state index contributed by atoms with van der Waals surface area (Å²) in [5, 5.41) is 0. The quantitative estimate of drug-likeness (QED) is 0.115. The summed E-state index contributed by atoms with van der Waals surface area (Å²) in [5.41, 5.74) is 13.4. The lowest BCUT2D eigenvalue weighted by Gasteiger charge is -2.43. The number of rotatable bonds is 11. The van der Waals surface area contributed by atoms with E-state index in [1.54, 1.807) is 0 Å². The molecule has 0 amide bonds. The molecule has 1 heterocycles. The van der Waals surface area contributed by atoms with Gasteiger partial charge in [-0.2, -0.15) is 0 Å². The van der Waals surface area contributed by atoms with Gasteiger partial charge in [-0.05, 0) is 56.6 Å². The van der Waals surface area contributed by atoms with Crippen molar-refractivity contribution in [1.29, 1.82) is 0 Å². The van der Waals surface area contributed by atoms with Gasteiger partial charge in [-0.25, -0.2) is 0 Å². The van der Waals surface area contributed by atoms with Crippen molar-refractivity contribution in [1.82, 2.24) is 4.57 Å². The summed E-state index contributed by atoms with van der Waals surface area (Å²) in [5.74, 6) is 0. The summed E-state index contributed by atoms with van der Waals surface area (Å²) in [6.45, 7) is 0. The SMILES string of the molecule is c1ccc(-c2c(C(c3ccccc3)(c3ccccc3)c3ccccc3)c(C(c3ccccc3)(c3ccccc3)c3ccccc3)c(-c3ccccc3)n2-c2ccccc2)cc1. The van der Waals surface area contributed by atoms with Crippen LogP contribution in [0.25, 0.3) is 28.2 Å². The van der Waals surface area contributed by atoms with Gasteiger partial charge in [0.1, 0.15) is 0 Å². The number of nitrogens with zero attached hydrogens (tertiary/aromatic N) is 1. The summed E-state index contributed by atoms with van der Waals surface area (Å²) < 4.78 is 2.57. The van der Waals surface area contributed by atoms with Gasteiger partial charge in [0.05, 0.1) is 22.2 Å². The first-order chi connectivity index (χ1) is 30.3. The zero-order valence-electron chi connectivity index (χ0n) is 33.9. The number of hydrogen-bond acceptors (Lipinski definition) is 0. The molecule has 1 nitrogen and oxygen atoms in total. The Kier molecular flexibility index (Phi) is 10.1. The fourth-order valence-electron chi connectivity index (χ4n) is 9.87. The van der Waals surface area contributed by atoms with Gasteiger partial charge in [-0.15, -0.1) is 0 Å². The molecule has 0 saturated heterocycles. The van der Waals surface area contributed by atoms with E-state index >= 15 is 0 Å². The maximum atomic E-state index is 2.57. The van der Waals surface area contributed by atoms with E-state index in [1.165, 1.54) is 44.5 Å². The molecule has 0 N–H and O–H groups in total. The second-order valence-corrected chi connectivity index (χ2v) is 15.5. The van der Waals surface area contributed by atoms with Crippen molar-refractivity contribution in [3.05, 3.63) is 317 Å². The van der Waals surface area contributed by atoms with E-state index in [2.05, 4.69) is 278 Å². The molecule has 61 heavy (non-hydrogen) atoms. The average molecular weight is 780 g/mol. The highest BCUT2D eigenvalue weighted by Crippen LogP contribution is 2.60. The van der Waals surface area contributed by atoms with Crippen LogP contribution in [0.5, 0.6) is 0 Å². The van der Waals surface area contributed by atoms with Crippen LogP contribution >= 0.6 is 0 Å². The van der Waals surface area contributed by atoms with Gasteiger partial charge in [-0.1, -0.05) is 261 Å². The smallest absolute Gasteiger partial charge is 0.0726 e. The highest BCUT2D eigenvalue weighted by molar-refractivity contribution is 5.88. The molecule has 1 heteroatoms. The van der Waals surface area contributed by atoms with E-state index < -0.39 is 10.8 Å². The van der Waals surface area contributed by atoms with E-state index in [1.807, 2.05) is 0 Å². The highest BCUT2D eigenvalue weighted by Gasteiger charge is 2.52. The lowest BCUT2D eigenvalue weighted by Crippen LogP contribution is -2.38. The van der Waals surface area contributed by atoms with Crippen molar-refractivity contribution in [2.45, 2.75) is 10.8 Å². The molecule has 9 aromatic carbocycles. The first-order valence-corrected chi connectivity index (χ1v) is 21.1. The van der Waals surface area contributed by atoms with Crippen molar-refractivity contribution in [2.75, 3.05) is 0 Å². The van der Waals surface area contributed by atoms with Crippen LogP contribution in [0.1, 0.15) is 44.5 Å². The minimum Gasteiger partial charge on any atom is -0.309 e. The molecule has 0 aliphatic heterocycles. The Morgan fingerprint density at radius 3 is 0.639 bits per heavy atom. The fourth-order valence-corrected chi connectivity index (χ4v) is 9.87. The monoisotopic (exact) mass is 779 g/mol. The topological polar surface area (TPSA) is 4.93 Å². The highest BCUT2D eigenvalue weighted by atomic mass is 15.0. The molecule has 0 saturated carbocycles. The third-order valence-electron chi connectivity index (χ3n) is 12.3. The Balaban J connectivity index is 1.61. The van der Waals surface area contributed by atoms with E-state index in [4.69, 9.17) is 0 Å². The zero-order chi connectivity index (χ0) is 40.9. The van der Waals surface area contributed by atoms with Gasteiger partial charge in [0.25, 0.3) is 0 Å². The van der Waals surface area contributed by atoms with Crippen LogP contribution in [0.4, 0.5) is 0 Å². The maximum absolute atomic E-state index is 2.57. The molecular formula is C60H45N. The standard InChI is InChI=1S/C60H45N/c1-10-28-46(29-11-1)57-55(59(48-32-14-3-15-33-48,49-34-16-4-17-35-49)50-36-18-5-19-37-50)56(58(47-30-12-2-13-31-47)61(57)54-44-26-9-27-45-54)60(51-38-20-6-21-39-51,52-40-22-7-23-41-52)53-42-24-8-25-43-53/h1-45H. The van der Waals surface area contributed by atoms with Crippen molar-refractivity contribution in [3.8, 4) is 28.2 Å². The molecule has 0 aliphatic rings. The van der Waals surface area contributed by atoms with E-state index in [0.29, 0.717) is 0 Å². The molecule has 0 spiro atoms. The summed E-state index contributed by atoms with van der Waals surface area (Å²) in [6.07, 6.45) is 0. The van der Waals surface area contributed by atoms with Crippen molar-refractivity contribution >= 4 is 0 Å². The largest absolute Gasteiger partial charge is 0.309 e. The van der Waals surface area contributed by atoms with Gasteiger partial charge in [0, 0.05) is 16.8 Å². The lowest BCUT2D eigenvalue weighted by molar-refractivity contribution is 0.686. The first-order valence-electron chi connectivity index (χ1n) is 21.1. The van der Waals surface area contributed by atoms with Crippen molar-refractivity contribution < 1.29 is 0 Å². The van der Waals surface area contributed by atoms with Crippen LogP contribution < -0.4 is 0 Å². The Hall–Kier alpha value is -7.74. The summed E-state index contributed by atoms with van der Waals surface area (Å²) in [6, 6.07) is 100. The molecule has 290 valence electrons. The third kappa shape index (κ3) is 6.34. The maximum Gasteiger partial charge on any atom is 0.0726 e. The zero-order valence-corrected chi connectivity index (χ0v) is 33.9. The Labute approximate surface area is 359 Å². The van der Waals surface area contributed by atoms with Crippen LogP contribution in [-0.2, 0) is 10.8 Å². The predicted molar refractivity (Wildman–Crippen MR) is 253 cm³/mol. The Bertz CT molecular complexity index is 2570. The van der Waals surface area contributed by atoms with Gasteiger partial charge in [0.15, 0.2) is 0 Å². The molecular weight excluding hydrogens is 735 g/mol. The molecule has 0 radical (unpaired) electrons. The number of aromatic nitrogens is 1. The van der Waals surface area contributed by atoms with E-state index in [0.717, 1.165) is 28.2 Å². The summed E-state index contributed by atoms with van der Waals surface area (Å²) >= 11 is 0. The Morgan fingerprint density at radius 2 is 0.410 bits per heavy atom. The van der Waals surface area contributed by atoms with Crippen molar-refractivity contribution in [2.24, 2.45) is 0 Å². The molecule has 0 unspecified atom stereocenters. The third-order valence-corrected chi connectivity index (χ3v) is 12.3. The molecule has 0 bridgehead atoms. The minimum absolute atomic E-state index is 0.850. The van der Waals surface area contributed by atoms with Crippen molar-refractivity contribution in [3.63, 3.8) is 0 Å². The second-order valence-electron chi connectivity index (χ2n) is 15.5. The molecule has 0 atom stereocenters. The minimum atomic E-state index is -0.850. The first kappa shape index (κ1) is 37.5. The number of benzene rings is 9. The van der Waals surface area contributed by atoms with Crippen LogP contribution in [0.2, 0.25) is 0 Å². The summed E-state index contributed by atoms with van der Waals surface area (Å²) in [7, 11) is 0. The molecule has 0 aliphatic carbocycles. The lowest BCUT2D eigenvalue weighted by atomic mass is 9.57. The van der Waals surface area contributed by atoms with E-state index in [-0.39, 0.29) is 0 Å². The second kappa shape index (κ2) is 16.5. The molecule has 0 fully saturated rings. The normalized spacial score (nSPS) is 11.6. The molecule has 10 aromatic rings. The Morgan fingerprint density at radius 1 is 0.213 bits per heavy atom. The van der Waals surface area contributed by atoms with E-state index in [9.17, 15) is 0 Å². The van der Waals surface area contributed by atoms with Gasteiger partial charge < -0.3 is 4.57 Å². The molecule has 10 rings (SSSR count). The van der Waals surface area contributed by atoms with Crippen LogP contribution in [-0.4, -0.2) is 4.57 Å². The summed E-state index contributed by atoms with van der Waals surface area (Å²) in [4.78, 5) is 0. The fraction of sp³-hybridized carbons (Fsp3) is 0.0333. The predicted octanol–water partition coefficient (Wildman–Crippen LogP) is 14.6. The molecule has 1 aromatic heterocycles. The average Bonchev–Trinajstić information content (AvgIpc) is 3.71. The number of hydrogen-bond donors (Lipinski definition) is 0. The van der Waals surface area contributed by atoms with Gasteiger partial charge in [0.2, 0.25) is 0 Å². The van der Waals surface area contributed by atoms with Crippen LogP contribution in [0.15, 0.2) is 273 Å².